The molecule has 0 fully saturated rings. The quantitative estimate of drug-likeness (QED) is 0.289. The maximum absolute atomic E-state index is 13.4. The van der Waals surface area contributed by atoms with Gasteiger partial charge in [0.05, 0.1) is 15.6 Å². The van der Waals surface area contributed by atoms with Crippen LogP contribution in [-0.4, -0.2) is 22.3 Å². The monoisotopic (exact) mass is 552 g/mol. The van der Waals surface area contributed by atoms with Gasteiger partial charge in [0.25, 0.3) is 5.91 Å². The van der Waals surface area contributed by atoms with Gasteiger partial charge >= 0.3 is 0 Å². The van der Waals surface area contributed by atoms with Gasteiger partial charge in [-0.1, -0.05) is 85.9 Å². The molecule has 1 heterocycles. The zero-order chi connectivity index (χ0) is 23.5. The third kappa shape index (κ3) is 6.48. The molecule has 3 aromatic rings. The highest BCUT2D eigenvalue weighted by Crippen LogP contribution is 2.25. The molecule has 0 N–H and O–H groups in total. The number of amides is 1. The lowest BCUT2D eigenvalue weighted by atomic mass is 9.87. The van der Waals surface area contributed by atoms with E-state index in [4.69, 9.17) is 34.8 Å². The first kappa shape index (κ1) is 25.0. The van der Waals surface area contributed by atoms with Crippen LogP contribution in [0.3, 0.4) is 0 Å². The summed E-state index contributed by atoms with van der Waals surface area (Å²) in [7, 11) is 0. The van der Waals surface area contributed by atoms with Gasteiger partial charge in [0.2, 0.25) is 0 Å². The van der Waals surface area contributed by atoms with Crippen LogP contribution in [0.5, 0.6) is 0 Å². The highest BCUT2D eigenvalue weighted by atomic mass is 79.9. The van der Waals surface area contributed by atoms with Crippen molar-refractivity contribution in [2.24, 2.45) is 0 Å². The summed E-state index contributed by atoms with van der Waals surface area (Å²) in [6.07, 6.45) is 2.20. The normalized spacial score (nSPS) is 11.5. The molecule has 0 aliphatic rings. The van der Waals surface area contributed by atoms with E-state index in [0.717, 1.165) is 11.1 Å². The summed E-state index contributed by atoms with van der Waals surface area (Å²) in [4.78, 5) is 19.3. The lowest BCUT2D eigenvalue weighted by Gasteiger charge is -2.24. The van der Waals surface area contributed by atoms with Gasteiger partial charge in [-0.3, -0.25) is 4.79 Å². The molecule has 0 saturated heterocycles. The van der Waals surface area contributed by atoms with Gasteiger partial charge in [-0.15, -0.1) is 0 Å². The second-order valence-corrected chi connectivity index (χ2v) is 10.8. The standard InChI is InChI=1S/C25H24BrCl3N2O/c1-25(2,3)18-7-4-17(5-8-18)15-31(11-10-16-6-9-21(27)22(28)12-16)24(32)20-13-19(26)14-30-23(20)29/h4-9,12-14H,10-11,15H2,1-3H3. The first-order valence-electron chi connectivity index (χ1n) is 10.2. The van der Waals surface area contributed by atoms with E-state index in [1.807, 2.05) is 12.1 Å². The van der Waals surface area contributed by atoms with E-state index in [-0.39, 0.29) is 16.5 Å². The number of nitrogens with zero attached hydrogens (tertiary/aromatic N) is 2. The lowest BCUT2D eigenvalue weighted by Crippen LogP contribution is -2.33. The first-order valence-corrected chi connectivity index (χ1v) is 12.1. The van der Waals surface area contributed by atoms with Crippen LogP contribution >= 0.6 is 50.7 Å². The van der Waals surface area contributed by atoms with Crippen LogP contribution in [-0.2, 0) is 18.4 Å². The Morgan fingerprint density at radius 1 is 0.969 bits per heavy atom. The number of pyridine rings is 1. The van der Waals surface area contributed by atoms with Crippen molar-refractivity contribution in [3.8, 4) is 0 Å². The number of hydrogen-bond donors (Lipinski definition) is 0. The van der Waals surface area contributed by atoms with Crippen LogP contribution < -0.4 is 0 Å². The van der Waals surface area contributed by atoms with Crippen molar-refractivity contribution in [1.82, 2.24) is 9.88 Å². The molecule has 168 valence electrons. The third-order valence-corrected chi connectivity index (χ3v) is 6.65. The van der Waals surface area contributed by atoms with Gasteiger partial charge in [0.1, 0.15) is 5.15 Å². The van der Waals surface area contributed by atoms with Gasteiger partial charge in [-0.05, 0) is 62.7 Å². The predicted molar refractivity (Wildman–Crippen MR) is 137 cm³/mol. The molecule has 3 rings (SSSR count). The number of carbonyl (C=O) groups is 1. The molecule has 0 unspecified atom stereocenters. The largest absolute Gasteiger partial charge is 0.334 e. The number of hydrogen-bond acceptors (Lipinski definition) is 2. The maximum atomic E-state index is 13.4. The van der Waals surface area contributed by atoms with Crippen molar-refractivity contribution in [2.45, 2.75) is 39.2 Å². The molecule has 0 saturated carbocycles. The van der Waals surface area contributed by atoms with Crippen LogP contribution in [0.25, 0.3) is 0 Å². The predicted octanol–water partition coefficient (Wildman–Crippen LogP) is 7.99. The number of halogens is 4. The van der Waals surface area contributed by atoms with Crippen LogP contribution in [0, 0.1) is 0 Å². The second-order valence-electron chi connectivity index (χ2n) is 8.66. The van der Waals surface area contributed by atoms with Gasteiger partial charge in [0.15, 0.2) is 0 Å². The van der Waals surface area contributed by atoms with E-state index in [1.165, 1.54) is 5.56 Å². The molecule has 0 aliphatic heterocycles. The smallest absolute Gasteiger partial charge is 0.257 e. The second kappa shape index (κ2) is 10.6. The molecular formula is C25H24BrCl3N2O. The summed E-state index contributed by atoms with van der Waals surface area (Å²) in [6, 6.07) is 15.6. The Balaban J connectivity index is 1.86. The van der Waals surface area contributed by atoms with Crippen molar-refractivity contribution in [3.63, 3.8) is 0 Å². The van der Waals surface area contributed by atoms with Crippen molar-refractivity contribution >= 4 is 56.6 Å². The first-order chi connectivity index (χ1) is 15.0. The van der Waals surface area contributed by atoms with Gasteiger partial charge in [0, 0.05) is 23.8 Å². The summed E-state index contributed by atoms with van der Waals surface area (Å²) in [6.45, 7) is 7.47. The van der Waals surface area contributed by atoms with Crippen LogP contribution in [0.2, 0.25) is 15.2 Å². The molecule has 1 amide bonds. The fraction of sp³-hybridized carbons (Fsp3) is 0.280. The Kier molecular flexibility index (Phi) is 8.26. The summed E-state index contributed by atoms with van der Waals surface area (Å²) in [5.41, 5.74) is 3.71. The van der Waals surface area contributed by atoms with Crippen LogP contribution in [0.15, 0.2) is 59.2 Å². The maximum Gasteiger partial charge on any atom is 0.257 e. The van der Waals surface area contributed by atoms with E-state index < -0.39 is 0 Å². The Bertz CT molecular complexity index is 1110. The van der Waals surface area contributed by atoms with Crippen LogP contribution in [0.4, 0.5) is 0 Å². The summed E-state index contributed by atoms with van der Waals surface area (Å²) >= 11 is 21.8. The molecule has 1 aromatic heterocycles. The molecule has 0 bridgehead atoms. The van der Waals surface area contributed by atoms with Crippen LogP contribution in [0.1, 0.15) is 47.8 Å². The SMILES string of the molecule is CC(C)(C)c1ccc(CN(CCc2ccc(Cl)c(Cl)c2)C(=O)c2cc(Br)cnc2Cl)cc1. The molecule has 7 heteroatoms. The topological polar surface area (TPSA) is 33.2 Å². The molecular weight excluding hydrogens is 531 g/mol. The van der Waals surface area contributed by atoms with Crippen molar-refractivity contribution in [3.05, 3.63) is 96.7 Å². The van der Waals surface area contributed by atoms with Gasteiger partial charge < -0.3 is 4.90 Å². The van der Waals surface area contributed by atoms with E-state index in [1.54, 1.807) is 23.2 Å². The highest BCUT2D eigenvalue weighted by Gasteiger charge is 2.21. The van der Waals surface area contributed by atoms with Crippen molar-refractivity contribution < 1.29 is 4.79 Å². The highest BCUT2D eigenvalue weighted by molar-refractivity contribution is 9.10. The summed E-state index contributed by atoms with van der Waals surface area (Å²) in [5, 5.41) is 1.19. The zero-order valence-electron chi connectivity index (χ0n) is 18.1. The molecule has 32 heavy (non-hydrogen) atoms. The average molecular weight is 555 g/mol. The Labute approximate surface area is 212 Å². The molecule has 3 nitrogen and oxygen atoms in total. The fourth-order valence-corrected chi connectivity index (χ4v) is 4.12. The average Bonchev–Trinajstić information content (AvgIpc) is 2.74. The van der Waals surface area contributed by atoms with Crippen molar-refractivity contribution in [1.29, 1.82) is 0 Å². The molecule has 0 spiro atoms. The zero-order valence-corrected chi connectivity index (χ0v) is 22.0. The number of aromatic nitrogens is 1. The lowest BCUT2D eigenvalue weighted by molar-refractivity contribution is 0.0744. The molecule has 0 radical (unpaired) electrons. The number of carbonyl (C=O) groups excluding carboxylic acids is 1. The third-order valence-electron chi connectivity index (χ3n) is 5.17. The number of rotatable bonds is 6. The number of benzene rings is 2. The minimum Gasteiger partial charge on any atom is -0.334 e. The Morgan fingerprint density at radius 3 is 2.25 bits per heavy atom. The molecule has 0 aliphatic carbocycles. The molecule has 2 aromatic carbocycles. The Hall–Kier alpha value is -1.59. The van der Waals surface area contributed by atoms with E-state index in [0.29, 0.717) is 39.6 Å². The van der Waals surface area contributed by atoms with Gasteiger partial charge in [-0.2, -0.15) is 0 Å². The van der Waals surface area contributed by atoms with E-state index in [9.17, 15) is 4.79 Å². The fourth-order valence-electron chi connectivity index (χ4n) is 3.29. The summed E-state index contributed by atoms with van der Waals surface area (Å²) < 4.78 is 0.698. The van der Waals surface area contributed by atoms with Gasteiger partial charge in [-0.25, -0.2) is 4.98 Å². The Morgan fingerprint density at radius 2 is 1.62 bits per heavy atom. The van der Waals surface area contributed by atoms with E-state index in [2.05, 4.69) is 66.0 Å². The van der Waals surface area contributed by atoms with E-state index >= 15 is 0 Å². The minimum absolute atomic E-state index is 0.0669. The minimum atomic E-state index is -0.177. The summed E-state index contributed by atoms with van der Waals surface area (Å²) in [5.74, 6) is -0.177. The van der Waals surface area contributed by atoms with Crippen molar-refractivity contribution in [2.75, 3.05) is 6.54 Å². The molecule has 0 atom stereocenters.